The Labute approximate surface area is 270 Å². The highest BCUT2D eigenvalue weighted by Gasteiger charge is 2.45. The summed E-state index contributed by atoms with van der Waals surface area (Å²) in [6.07, 6.45) is 2.74. The van der Waals surface area contributed by atoms with Gasteiger partial charge in [0.25, 0.3) is 11.8 Å². The van der Waals surface area contributed by atoms with Crippen molar-refractivity contribution in [2.75, 3.05) is 19.0 Å². The molecule has 2 heterocycles. The third-order valence-corrected chi connectivity index (χ3v) is 8.52. The van der Waals surface area contributed by atoms with Crippen molar-refractivity contribution in [1.29, 1.82) is 0 Å². The van der Waals surface area contributed by atoms with Gasteiger partial charge in [-0.25, -0.2) is 14.8 Å². The minimum absolute atomic E-state index is 0.0418. The van der Waals surface area contributed by atoms with Gasteiger partial charge in [0.05, 0.1) is 13.0 Å². The van der Waals surface area contributed by atoms with Crippen LogP contribution in [0.25, 0.3) is 0 Å². The molecule has 1 aromatic carbocycles. The van der Waals surface area contributed by atoms with E-state index in [1.165, 1.54) is 7.11 Å². The summed E-state index contributed by atoms with van der Waals surface area (Å²) in [7, 11) is 1.36. The molecular weight excluding hydrogens is 648 g/mol. The number of carbonyl (C=O) groups excluding carboxylic acids is 6. The number of hydrogen-bond acceptors (Lipinski definition) is 7. The number of rotatable bonds is 13. The summed E-state index contributed by atoms with van der Waals surface area (Å²) in [5, 5.41) is 5.80. The monoisotopic (exact) mass is 688 g/mol. The summed E-state index contributed by atoms with van der Waals surface area (Å²) < 4.78 is 4.89. The first-order valence-electron chi connectivity index (χ1n) is 15.0. The molecule has 3 rings (SSSR count). The van der Waals surface area contributed by atoms with E-state index in [1.54, 1.807) is 30.9 Å². The van der Waals surface area contributed by atoms with E-state index < -0.39 is 29.7 Å². The summed E-state index contributed by atoms with van der Waals surface area (Å²) >= 11 is 3.37. The Morgan fingerprint density at radius 3 is 2.20 bits per heavy atom. The number of nitrogens with two attached hydrogens (primary N) is 1. The first kappa shape index (κ1) is 35.5. The van der Waals surface area contributed by atoms with Gasteiger partial charge in [0.2, 0.25) is 11.8 Å². The molecule has 0 spiro atoms. The molecule has 0 radical (unpaired) electrons. The number of nitrogens with one attached hydrogen (secondary N) is 2. The van der Waals surface area contributed by atoms with Crippen LogP contribution in [-0.2, 0) is 34.0 Å². The van der Waals surface area contributed by atoms with Gasteiger partial charge in [-0.3, -0.25) is 24.0 Å². The fourth-order valence-corrected chi connectivity index (χ4v) is 6.02. The van der Waals surface area contributed by atoms with Crippen LogP contribution in [0.5, 0.6) is 0 Å². The van der Waals surface area contributed by atoms with Gasteiger partial charge < -0.3 is 26.0 Å². The predicted octanol–water partition coefficient (Wildman–Crippen LogP) is 3.28. The number of amides is 6. The minimum Gasteiger partial charge on any atom is -0.469 e. The minimum atomic E-state index is -0.838. The fraction of sp³-hybridized carbons (Fsp3) is 0.548. The van der Waals surface area contributed by atoms with Crippen LogP contribution in [0.2, 0.25) is 0 Å². The zero-order valence-corrected chi connectivity index (χ0v) is 27.4. The lowest BCUT2D eigenvalue weighted by Gasteiger charge is -2.38. The molecule has 2 unspecified atom stereocenters. The van der Waals surface area contributed by atoms with E-state index in [2.05, 4.69) is 36.5 Å². The largest absolute Gasteiger partial charge is 0.469 e. The van der Waals surface area contributed by atoms with Crippen LogP contribution < -0.4 is 16.4 Å². The fourth-order valence-electron chi connectivity index (χ4n) is 5.65. The van der Waals surface area contributed by atoms with Crippen molar-refractivity contribution in [2.45, 2.75) is 82.6 Å². The maximum absolute atomic E-state index is 13.2. The molecule has 45 heavy (non-hydrogen) atoms. The Balaban J connectivity index is 1.68. The van der Waals surface area contributed by atoms with Gasteiger partial charge in [0.15, 0.2) is 0 Å². The van der Waals surface area contributed by atoms with Gasteiger partial charge in [-0.15, -0.1) is 0 Å². The number of carbonyl (C=O) groups is 6. The number of aliphatic imine (C=N–C) groups is 2. The topological polar surface area (TPSA) is 190 Å². The maximum Gasteiger partial charge on any atom is 0.312 e. The Morgan fingerprint density at radius 2 is 1.64 bits per heavy atom. The lowest BCUT2D eigenvalue weighted by molar-refractivity contribution is -0.151. The van der Waals surface area contributed by atoms with Crippen LogP contribution in [0.15, 0.2) is 34.3 Å². The van der Waals surface area contributed by atoms with E-state index in [-0.39, 0.29) is 73.5 Å². The number of ether oxygens (including phenoxy) is 1. The van der Waals surface area contributed by atoms with Gasteiger partial charge in [0.1, 0.15) is 11.4 Å². The van der Waals surface area contributed by atoms with Crippen molar-refractivity contribution in [3.63, 3.8) is 0 Å². The molecule has 0 aromatic heterocycles. The molecule has 1 aromatic rings. The van der Waals surface area contributed by atoms with Crippen molar-refractivity contribution in [1.82, 2.24) is 10.2 Å². The number of anilines is 1. The van der Waals surface area contributed by atoms with Gasteiger partial charge in [0, 0.05) is 48.4 Å². The number of hydrogen-bond donors (Lipinski definition) is 3. The van der Waals surface area contributed by atoms with Crippen molar-refractivity contribution < 1.29 is 33.5 Å². The van der Waals surface area contributed by atoms with Crippen LogP contribution in [0, 0.1) is 11.8 Å². The standard InChI is InChI=1S/C31H41BrN6O7/c1-18(2)27(37-25(39)12-13-26(40)38-22-10-11-23(38)16-20(15-22)30(43)45-3)29(42)36-24(5-4-14-34-31(33)44)28(41)35-21-8-6-19(17-32)7-9-21/h6-9,18,20,22-23H,4-5,10-17H2,1-3H3,(H,35,41)(H3,33,34,44). The second-order valence-electron chi connectivity index (χ2n) is 11.5. The third-order valence-electron chi connectivity index (χ3n) is 7.87. The smallest absolute Gasteiger partial charge is 0.312 e. The number of piperidine rings is 1. The van der Waals surface area contributed by atoms with Crippen molar-refractivity contribution in [2.24, 2.45) is 27.6 Å². The van der Waals surface area contributed by atoms with Crippen LogP contribution in [-0.4, -0.2) is 77.7 Å². The summed E-state index contributed by atoms with van der Waals surface area (Å²) in [4.78, 5) is 85.2. The predicted molar refractivity (Wildman–Crippen MR) is 172 cm³/mol. The first-order chi connectivity index (χ1) is 21.4. The SMILES string of the molecule is COC(=O)C1CC2CCC(C1)N2C(=O)CCC(=O)N=C(C(=O)N=C(CCCNC(N)=O)C(=O)Nc1ccc(CBr)cc1)C(C)C. The van der Waals surface area contributed by atoms with E-state index >= 15 is 0 Å². The van der Waals surface area contributed by atoms with Crippen LogP contribution in [0.4, 0.5) is 10.5 Å². The molecule has 244 valence electrons. The molecular formula is C31H41BrN6O7. The van der Waals surface area contributed by atoms with Crippen molar-refractivity contribution >= 4 is 68.7 Å². The number of primary amides is 1. The lowest BCUT2D eigenvalue weighted by Crippen LogP contribution is -2.48. The Kier molecular flexibility index (Phi) is 13.4. The molecule has 2 atom stereocenters. The van der Waals surface area contributed by atoms with Crippen LogP contribution >= 0.6 is 15.9 Å². The van der Waals surface area contributed by atoms with E-state index in [4.69, 9.17) is 10.5 Å². The molecule has 2 fully saturated rings. The number of fused-ring (bicyclic) bond motifs is 2. The second kappa shape index (κ2) is 16.9. The Bertz CT molecular complexity index is 1330. The van der Waals surface area contributed by atoms with Gasteiger partial charge in [-0.2, -0.15) is 0 Å². The molecule has 2 saturated heterocycles. The van der Waals surface area contributed by atoms with Gasteiger partial charge in [-0.1, -0.05) is 41.9 Å². The zero-order chi connectivity index (χ0) is 33.1. The maximum atomic E-state index is 13.2. The molecule has 13 nitrogen and oxygen atoms in total. The molecule has 6 amide bonds. The molecule has 14 heteroatoms. The normalized spacial score (nSPS) is 19.7. The summed E-state index contributed by atoms with van der Waals surface area (Å²) in [6.45, 7) is 3.51. The van der Waals surface area contributed by atoms with E-state index in [0.717, 1.165) is 18.4 Å². The summed E-state index contributed by atoms with van der Waals surface area (Å²) in [5.41, 5.74) is 6.39. The quantitative estimate of drug-likeness (QED) is 0.123. The number of halogens is 1. The van der Waals surface area contributed by atoms with Crippen LogP contribution in [0.3, 0.4) is 0 Å². The number of benzene rings is 1. The Hall–Kier alpha value is -3.94. The average molecular weight is 690 g/mol. The van der Waals surface area contributed by atoms with Gasteiger partial charge in [-0.05, 0) is 56.2 Å². The molecule has 0 aliphatic carbocycles. The van der Waals surface area contributed by atoms with E-state index in [0.29, 0.717) is 23.9 Å². The Morgan fingerprint density at radius 1 is 1.00 bits per heavy atom. The second-order valence-corrected chi connectivity index (χ2v) is 12.0. The molecule has 2 bridgehead atoms. The third kappa shape index (κ3) is 10.3. The highest BCUT2D eigenvalue weighted by Crippen LogP contribution is 2.39. The molecule has 2 aliphatic heterocycles. The number of esters is 1. The van der Waals surface area contributed by atoms with Crippen molar-refractivity contribution in [3.05, 3.63) is 29.8 Å². The summed E-state index contributed by atoms with van der Waals surface area (Å²) in [5.74, 6) is -3.26. The average Bonchev–Trinajstić information content (AvgIpc) is 3.28. The molecule has 0 saturated carbocycles. The van der Waals surface area contributed by atoms with E-state index in [1.807, 2.05) is 12.1 Å². The number of nitrogens with zero attached hydrogens (tertiary/aromatic N) is 3. The summed E-state index contributed by atoms with van der Waals surface area (Å²) in [6, 6.07) is 6.26. The molecule has 2 aliphatic rings. The first-order valence-corrected chi connectivity index (χ1v) is 16.2. The lowest BCUT2D eigenvalue weighted by atomic mass is 9.90. The number of methoxy groups -OCH3 is 1. The zero-order valence-electron chi connectivity index (χ0n) is 25.8. The number of urea groups is 1. The molecule has 4 N–H and O–H groups in total. The highest BCUT2D eigenvalue weighted by atomic mass is 79.9. The van der Waals surface area contributed by atoms with E-state index in [9.17, 15) is 28.8 Å². The highest BCUT2D eigenvalue weighted by molar-refractivity contribution is 9.08. The van der Waals surface area contributed by atoms with Crippen LogP contribution in [0.1, 0.15) is 70.8 Å². The van der Waals surface area contributed by atoms with Crippen molar-refractivity contribution in [3.8, 4) is 0 Å². The van der Waals surface area contributed by atoms with Gasteiger partial charge >= 0.3 is 12.0 Å². The number of alkyl halides is 1.